The maximum atomic E-state index is 12.5. The maximum Gasteiger partial charge on any atom is 0.340 e. The zero-order chi connectivity index (χ0) is 18.8. The second-order valence-electron chi connectivity index (χ2n) is 5.33. The van der Waals surface area contributed by atoms with Crippen molar-refractivity contribution in [2.75, 3.05) is 12.4 Å². The van der Waals surface area contributed by atoms with Gasteiger partial charge in [0, 0.05) is 5.75 Å². The third kappa shape index (κ3) is 3.54. The Labute approximate surface area is 158 Å². The van der Waals surface area contributed by atoms with Crippen molar-refractivity contribution in [2.24, 2.45) is 5.10 Å². The van der Waals surface area contributed by atoms with Crippen LogP contribution in [-0.2, 0) is 9.53 Å². The Kier molecular flexibility index (Phi) is 5.19. The number of nitrogens with zero attached hydrogens (tertiary/aromatic N) is 4. The minimum atomic E-state index is -0.551. The Morgan fingerprint density at radius 3 is 2.88 bits per heavy atom. The predicted octanol–water partition coefficient (Wildman–Crippen LogP) is 2.61. The van der Waals surface area contributed by atoms with Gasteiger partial charge in [0.25, 0.3) is 0 Å². The lowest BCUT2D eigenvalue weighted by molar-refractivity contribution is -0.137. The van der Waals surface area contributed by atoms with Gasteiger partial charge in [-0.2, -0.15) is 9.78 Å². The van der Waals surface area contributed by atoms with E-state index in [9.17, 15) is 15.0 Å². The summed E-state index contributed by atoms with van der Waals surface area (Å²) in [6.07, 6.45) is 1.51. The van der Waals surface area contributed by atoms with Gasteiger partial charge in [0.2, 0.25) is 5.16 Å². The van der Waals surface area contributed by atoms with E-state index in [4.69, 9.17) is 16.3 Å². The molecule has 1 aliphatic rings. The van der Waals surface area contributed by atoms with Crippen LogP contribution in [0.2, 0.25) is 5.02 Å². The van der Waals surface area contributed by atoms with Crippen molar-refractivity contribution in [1.29, 1.82) is 0 Å². The van der Waals surface area contributed by atoms with Crippen molar-refractivity contribution in [3.05, 3.63) is 34.1 Å². The minimum absolute atomic E-state index is 0.0312. The van der Waals surface area contributed by atoms with E-state index in [0.29, 0.717) is 28.0 Å². The summed E-state index contributed by atoms with van der Waals surface area (Å²) in [5.74, 6) is -0.357. The molecule has 10 heteroatoms. The first-order chi connectivity index (χ1) is 12.4. The number of phenols is 2. The van der Waals surface area contributed by atoms with Gasteiger partial charge in [0.1, 0.15) is 0 Å². The zero-order valence-electron chi connectivity index (χ0n) is 13.9. The van der Waals surface area contributed by atoms with Gasteiger partial charge >= 0.3 is 5.97 Å². The number of rotatable bonds is 4. The van der Waals surface area contributed by atoms with Gasteiger partial charge in [-0.05, 0) is 37.6 Å². The molecular weight excluding hydrogens is 380 g/mol. The van der Waals surface area contributed by atoms with E-state index in [-0.39, 0.29) is 23.0 Å². The molecular formula is C16H15ClN4O4S. The highest BCUT2D eigenvalue weighted by Crippen LogP contribution is 2.35. The van der Waals surface area contributed by atoms with Crippen LogP contribution in [0, 0.1) is 6.92 Å². The number of aryl methyl sites for hydroxylation is 1. The molecule has 0 spiro atoms. The average molecular weight is 395 g/mol. The van der Waals surface area contributed by atoms with E-state index in [1.54, 1.807) is 18.5 Å². The Balaban J connectivity index is 2.08. The van der Waals surface area contributed by atoms with Gasteiger partial charge < -0.3 is 14.9 Å². The molecule has 0 saturated heterocycles. The quantitative estimate of drug-likeness (QED) is 0.466. The molecule has 3 rings (SSSR count). The number of esters is 1. The number of benzene rings is 1. The van der Waals surface area contributed by atoms with Crippen LogP contribution in [0.4, 0.5) is 0 Å². The highest BCUT2D eigenvalue weighted by molar-refractivity contribution is 7.99. The lowest BCUT2D eigenvalue weighted by Crippen LogP contribution is -2.21. The Bertz CT molecular complexity index is 915. The van der Waals surface area contributed by atoms with Crippen LogP contribution in [0.3, 0.4) is 0 Å². The second kappa shape index (κ2) is 7.38. The maximum absolute atomic E-state index is 12.5. The molecule has 136 valence electrons. The summed E-state index contributed by atoms with van der Waals surface area (Å²) >= 11 is 7.29. The van der Waals surface area contributed by atoms with Crippen LogP contribution < -0.4 is 0 Å². The molecule has 0 atom stereocenters. The minimum Gasteiger partial charge on any atom is -0.504 e. The molecule has 26 heavy (non-hydrogen) atoms. The van der Waals surface area contributed by atoms with Crippen LogP contribution in [0.1, 0.15) is 18.3 Å². The van der Waals surface area contributed by atoms with Gasteiger partial charge in [-0.15, -0.1) is 10.2 Å². The van der Waals surface area contributed by atoms with E-state index in [0.717, 1.165) is 0 Å². The summed E-state index contributed by atoms with van der Waals surface area (Å²) < 4.78 is 6.68. The van der Waals surface area contributed by atoms with Crippen LogP contribution >= 0.6 is 23.4 Å². The molecule has 0 saturated carbocycles. The Morgan fingerprint density at radius 2 is 2.19 bits per heavy atom. The molecule has 1 aromatic heterocycles. The van der Waals surface area contributed by atoms with Gasteiger partial charge in [-0.25, -0.2) is 4.79 Å². The molecule has 8 nitrogen and oxygen atoms in total. The number of hydrogen-bond acceptors (Lipinski definition) is 8. The number of fused-ring (bicyclic) bond motifs is 1. The first-order valence-corrected chi connectivity index (χ1v) is 9.00. The number of ether oxygens (including phenoxy) is 1. The molecule has 0 unspecified atom stereocenters. The second-order valence-corrected chi connectivity index (χ2v) is 6.68. The lowest BCUT2D eigenvalue weighted by atomic mass is 10.1. The van der Waals surface area contributed by atoms with Gasteiger partial charge in [-0.3, -0.25) is 0 Å². The van der Waals surface area contributed by atoms with Crippen molar-refractivity contribution in [3.8, 4) is 11.5 Å². The van der Waals surface area contributed by atoms with Gasteiger partial charge in [0.15, 0.2) is 17.3 Å². The summed E-state index contributed by atoms with van der Waals surface area (Å²) in [5.41, 5.74) is 1.12. The van der Waals surface area contributed by atoms with E-state index < -0.39 is 11.7 Å². The number of aromatic hydroxyl groups is 2. The fraction of sp³-hybridized carbons (Fsp3) is 0.250. The van der Waals surface area contributed by atoms with Crippen LogP contribution in [0.5, 0.6) is 11.5 Å². The number of hydrogen-bond donors (Lipinski definition) is 2. The van der Waals surface area contributed by atoms with E-state index >= 15 is 0 Å². The fourth-order valence-corrected chi connectivity index (χ4v) is 3.38. The average Bonchev–Trinajstić information content (AvgIpc) is 2.98. The number of carbonyl (C=O) groups excluding carboxylic acids is 1. The van der Waals surface area contributed by atoms with Crippen molar-refractivity contribution in [2.45, 2.75) is 19.0 Å². The predicted molar refractivity (Wildman–Crippen MR) is 97.7 cm³/mol. The number of carbonyl (C=O) groups is 1. The standard InChI is InChI=1S/C16H15ClN4O4S/c1-3-25-15(24)10(4-9-5-11(17)14(23)13(22)6-9)12-7-26-16-19-18-8(2)21(16)20-12/h4-6,22-23H,3,7H2,1-2H3/b10-4-. The molecule has 0 bridgehead atoms. The summed E-state index contributed by atoms with van der Waals surface area (Å²) in [6.45, 7) is 3.67. The summed E-state index contributed by atoms with van der Waals surface area (Å²) in [4.78, 5) is 12.5. The third-order valence-corrected chi connectivity index (χ3v) is 4.73. The smallest absolute Gasteiger partial charge is 0.340 e. The highest BCUT2D eigenvalue weighted by atomic mass is 35.5. The molecule has 1 aliphatic heterocycles. The normalized spacial score (nSPS) is 14.0. The lowest BCUT2D eigenvalue weighted by Gasteiger charge is -2.15. The molecule has 2 N–H and O–H groups in total. The van der Waals surface area contributed by atoms with Crippen molar-refractivity contribution in [3.63, 3.8) is 0 Å². The molecule has 0 radical (unpaired) electrons. The summed E-state index contributed by atoms with van der Waals surface area (Å²) in [6, 6.07) is 2.73. The van der Waals surface area contributed by atoms with Gasteiger partial charge in [0.05, 0.1) is 22.9 Å². The highest BCUT2D eigenvalue weighted by Gasteiger charge is 2.24. The Morgan fingerprint density at radius 1 is 1.42 bits per heavy atom. The molecule has 0 amide bonds. The summed E-state index contributed by atoms with van der Waals surface area (Å²) in [7, 11) is 0. The van der Waals surface area contributed by atoms with Crippen LogP contribution in [-0.4, -0.2) is 49.1 Å². The van der Waals surface area contributed by atoms with Crippen molar-refractivity contribution in [1.82, 2.24) is 14.9 Å². The molecule has 2 aromatic rings. The zero-order valence-corrected chi connectivity index (χ0v) is 15.5. The SMILES string of the molecule is CCOC(=O)/C(=C\c1cc(O)c(O)c(Cl)c1)C1=Nn2c(C)nnc2SC1. The number of thioether (sulfide) groups is 1. The molecule has 1 aromatic carbocycles. The third-order valence-electron chi connectivity index (χ3n) is 3.51. The monoisotopic (exact) mass is 394 g/mol. The first-order valence-electron chi connectivity index (χ1n) is 7.64. The van der Waals surface area contributed by atoms with Crippen molar-refractivity contribution < 1.29 is 19.7 Å². The first kappa shape index (κ1) is 18.3. The number of phenolic OH excluding ortho intramolecular Hbond substituents is 2. The molecule has 0 aliphatic carbocycles. The van der Waals surface area contributed by atoms with Crippen LogP contribution in [0.15, 0.2) is 28.0 Å². The van der Waals surface area contributed by atoms with E-state index in [1.807, 2.05) is 0 Å². The molecule has 0 fully saturated rings. The Hall–Kier alpha value is -2.52. The topological polar surface area (TPSA) is 110 Å². The van der Waals surface area contributed by atoms with E-state index in [2.05, 4.69) is 15.3 Å². The number of halogens is 1. The number of aromatic nitrogens is 3. The summed E-state index contributed by atoms with van der Waals surface area (Å²) in [5, 5.41) is 32.3. The van der Waals surface area contributed by atoms with Gasteiger partial charge in [-0.1, -0.05) is 23.4 Å². The van der Waals surface area contributed by atoms with E-state index in [1.165, 1.54) is 30.0 Å². The largest absolute Gasteiger partial charge is 0.504 e. The van der Waals surface area contributed by atoms with Crippen LogP contribution in [0.25, 0.3) is 6.08 Å². The fourth-order valence-electron chi connectivity index (χ4n) is 2.28. The van der Waals surface area contributed by atoms with Crippen molar-refractivity contribution >= 4 is 41.1 Å². The molecule has 2 heterocycles.